The average molecular weight is 412 g/mol. The Labute approximate surface area is 175 Å². The summed E-state index contributed by atoms with van der Waals surface area (Å²) in [5, 5.41) is 2.39. The molecule has 2 aromatic rings. The van der Waals surface area contributed by atoms with Gasteiger partial charge in [0, 0.05) is 23.6 Å². The average Bonchev–Trinajstić information content (AvgIpc) is 3.08. The number of nitrogens with zero attached hydrogens (tertiary/aromatic N) is 2. The maximum atomic E-state index is 12.7. The number of amides is 3. The lowest BCUT2D eigenvalue weighted by molar-refractivity contribution is -0.127. The zero-order valence-electron chi connectivity index (χ0n) is 17.3. The summed E-state index contributed by atoms with van der Waals surface area (Å²) < 4.78 is 2.15. The molecular formula is C22H25N3O3S. The molecular weight excluding hydrogens is 386 g/mol. The molecule has 0 aliphatic carbocycles. The molecule has 29 heavy (non-hydrogen) atoms. The normalized spacial score (nSPS) is 15.5. The zero-order valence-corrected chi connectivity index (χ0v) is 18.1. The molecule has 1 aromatic heterocycles. The molecule has 1 aliphatic heterocycles. The first-order chi connectivity index (χ1) is 13.7. The number of para-hydroxylation sites is 1. The molecule has 0 bridgehead atoms. The Bertz CT molecular complexity index is 1020. The van der Waals surface area contributed by atoms with Gasteiger partial charge in [-0.05, 0) is 75.2 Å². The number of anilines is 1. The minimum Gasteiger partial charge on any atom is -0.349 e. The molecule has 3 amide bonds. The minimum atomic E-state index is -0.432. The number of imide groups is 1. The van der Waals surface area contributed by atoms with Crippen LogP contribution in [0.3, 0.4) is 0 Å². The van der Waals surface area contributed by atoms with Crippen LogP contribution >= 0.6 is 11.8 Å². The van der Waals surface area contributed by atoms with Crippen molar-refractivity contribution in [2.75, 3.05) is 11.9 Å². The molecule has 0 unspecified atom stereocenters. The van der Waals surface area contributed by atoms with Gasteiger partial charge in [0.15, 0.2) is 0 Å². The van der Waals surface area contributed by atoms with Crippen LogP contribution in [0.4, 0.5) is 10.5 Å². The van der Waals surface area contributed by atoms with E-state index in [1.807, 2.05) is 52.0 Å². The Morgan fingerprint density at radius 3 is 2.38 bits per heavy atom. The third-order valence-corrected chi connectivity index (χ3v) is 6.04. The summed E-state index contributed by atoms with van der Waals surface area (Å²) in [4.78, 5) is 38.9. The van der Waals surface area contributed by atoms with Gasteiger partial charge in [-0.15, -0.1) is 0 Å². The number of carbonyl (C=O) groups excluding carboxylic acids is 3. The van der Waals surface area contributed by atoms with Crippen molar-refractivity contribution < 1.29 is 14.4 Å². The van der Waals surface area contributed by atoms with Gasteiger partial charge < -0.3 is 9.88 Å². The largest absolute Gasteiger partial charge is 0.349 e. The smallest absolute Gasteiger partial charge is 0.294 e. The monoisotopic (exact) mass is 411 g/mol. The molecule has 1 saturated heterocycles. The molecule has 6 nitrogen and oxygen atoms in total. The molecule has 1 aliphatic rings. The Morgan fingerprint density at radius 1 is 1.14 bits per heavy atom. The van der Waals surface area contributed by atoms with Crippen LogP contribution in [0.2, 0.25) is 0 Å². The number of benzene rings is 1. The second kappa shape index (κ2) is 8.29. The fourth-order valence-electron chi connectivity index (χ4n) is 3.57. The van der Waals surface area contributed by atoms with Crippen LogP contribution in [-0.4, -0.2) is 33.1 Å². The van der Waals surface area contributed by atoms with Gasteiger partial charge >= 0.3 is 0 Å². The highest BCUT2D eigenvalue weighted by molar-refractivity contribution is 8.18. The van der Waals surface area contributed by atoms with E-state index in [9.17, 15) is 14.4 Å². The Hall–Kier alpha value is -2.80. The molecule has 0 atom stereocenters. The predicted molar refractivity (Wildman–Crippen MR) is 117 cm³/mol. The Balaban J connectivity index is 1.76. The van der Waals surface area contributed by atoms with Gasteiger partial charge in [-0.2, -0.15) is 0 Å². The van der Waals surface area contributed by atoms with Crippen molar-refractivity contribution in [1.29, 1.82) is 0 Å². The molecule has 0 saturated carbocycles. The highest BCUT2D eigenvalue weighted by Gasteiger charge is 2.36. The molecule has 1 aromatic carbocycles. The van der Waals surface area contributed by atoms with Crippen molar-refractivity contribution in [1.82, 2.24) is 9.47 Å². The summed E-state index contributed by atoms with van der Waals surface area (Å²) in [6, 6.07) is 7.72. The van der Waals surface area contributed by atoms with Crippen LogP contribution in [-0.2, 0) is 16.1 Å². The summed E-state index contributed by atoms with van der Waals surface area (Å²) in [6.07, 6.45) is 1.74. The van der Waals surface area contributed by atoms with Crippen LogP contribution in [0.5, 0.6) is 0 Å². The van der Waals surface area contributed by atoms with E-state index in [0.29, 0.717) is 10.6 Å². The van der Waals surface area contributed by atoms with Crippen molar-refractivity contribution in [3.63, 3.8) is 0 Å². The highest BCUT2D eigenvalue weighted by Crippen LogP contribution is 2.33. The number of carbonyl (C=O) groups is 3. The highest BCUT2D eigenvalue weighted by atomic mass is 32.2. The van der Waals surface area contributed by atoms with Crippen molar-refractivity contribution in [2.24, 2.45) is 0 Å². The van der Waals surface area contributed by atoms with E-state index in [4.69, 9.17) is 0 Å². The number of rotatable bonds is 5. The fraction of sp³-hybridized carbons (Fsp3) is 0.318. The summed E-state index contributed by atoms with van der Waals surface area (Å²) in [5.41, 5.74) is 5.63. The molecule has 152 valence electrons. The first-order valence-corrected chi connectivity index (χ1v) is 10.3. The lowest BCUT2D eigenvalue weighted by Crippen LogP contribution is -2.36. The first-order valence-electron chi connectivity index (χ1n) is 9.51. The second-order valence-corrected chi connectivity index (χ2v) is 8.15. The number of aromatic nitrogens is 1. The van der Waals surface area contributed by atoms with Crippen LogP contribution in [0.15, 0.2) is 29.2 Å². The third-order valence-electron chi connectivity index (χ3n) is 5.14. The van der Waals surface area contributed by atoms with Crippen molar-refractivity contribution in [3.05, 3.63) is 57.2 Å². The lowest BCUT2D eigenvalue weighted by Gasteiger charge is -2.15. The van der Waals surface area contributed by atoms with Gasteiger partial charge in [0.2, 0.25) is 5.91 Å². The molecule has 7 heteroatoms. The summed E-state index contributed by atoms with van der Waals surface area (Å²) in [7, 11) is 0. The molecule has 0 spiro atoms. The number of hydrogen-bond donors (Lipinski definition) is 1. The van der Waals surface area contributed by atoms with Crippen LogP contribution in [0.1, 0.15) is 35.0 Å². The maximum Gasteiger partial charge on any atom is 0.294 e. The molecule has 0 radical (unpaired) electrons. The molecule has 1 fully saturated rings. The van der Waals surface area contributed by atoms with Gasteiger partial charge in [-0.3, -0.25) is 19.3 Å². The van der Waals surface area contributed by atoms with Gasteiger partial charge in [-0.25, -0.2) is 0 Å². The number of hydrogen-bond acceptors (Lipinski definition) is 4. The van der Waals surface area contributed by atoms with Crippen molar-refractivity contribution in [3.8, 4) is 0 Å². The van der Waals surface area contributed by atoms with E-state index < -0.39 is 17.1 Å². The van der Waals surface area contributed by atoms with E-state index in [1.165, 1.54) is 0 Å². The summed E-state index contributed by atoms with van der Waals surface area (Å²) >= 11 is 0.872. The van der Waals surface area contributed by atoms with Crippen LogP contribution < -0.4 is 5.32 Å². The van der Waals surface area contributed by atoms with Gasteiger partial charge in [-0.1, -0.05) is 18.2 Å². The zero-order chi connectivity index (χ0) is 21.3. The standard InChI is InChI=1S/C22H25N3O3S/c1-6-24-15(4)10-17(16(24)5)11-18-21(27)25(22(28)29-18)12-19(26)23-20-13(2)8-7-9-14(20)3/h7-11H,6,12H2,1-5H3,(H,23,26)/b18-11-. The van der Waals surface area contributed by atoms with Gasteiger partial charge in [0.25, 0.3) is 11.1 Å². The number of nitrogens with one attached hydrogen (secondary N) is 1. The van der Waals surface area contributed by atoms with Crippen LogP contribution in [0.25, 0.3) is 6.08 Å². The topological polar surface area (TPSA) is 71.4 Å². The van der Waals surface area contributed by atoms with E-state index in [0.717, 1.165) is 51.3 Å². The Kier molecular flexibility index (Phi) is 5.98. The fourth-order valence-corrected chi connectivity index (χ4v) is 4.40. The van der Waals surface area contributed by atoms with E-state index in [-0.39, 0.29) is 6.54 Å². The van der Waals surface area contributed by atoms with Crippen LogP contribution in [0, 0.1) is 27.7 Å². The molecule has 1 N–H and O–H groups in total. The van der Waals surface area contributed by atoms with Gasteiger partial charge in [0.05, 0.1) is 4.91 Å². The lowest BCUT2D eigenvalue weighted by atomic mass is 10.1. The van der Waals surface area contributed by atoms with E-state index in [2.05, 4.69) is 16.8 Å². The second-order valence-electron chi connectivity index (χ2n) is 7.15. The number of aryl methyl sites for hydroxylation is 3. The van der Waals surface area contributed by atoms with Crippen molar-refractivity contribution >= 4 is 40.6 Å². The maximum absolute atomic E-state index is 12.7. The SMILES string of the molecule is CCn1c(C)cc(/C=C2\SC(=O)N(CC(=O)Nc3c(C)cccc3C)C2=O)c1C. The van der Waals surface area contributed by atoms with E-state index in [1.54, 1.807) is 6.08 Å². The van der Waals surface area contributed by atoms with Crippen molar-refractivity contribution in [2.45, 2.75) is 41.2 Å². The summed E-state index contributed by atoms with van der Waals surface area (Å²) in [6.45, 7) is 10.4. The van der Waals surface area contributed by atoms with Gasteiger partial charge in [0.1, 0.15) is 6.54 Å². The molecule has 3 rings (SSSR count). The first kappa shape index (κ1) is 20.9. The van der Waals surface area contributed by atoms with E-state index >= 15 is 0 Å². The number of thioether (sulfide) groups is 1. The quantitative estimate of drug-likeness (QED) is 0.740. The minimum absolute atomic E-state index is 0.302. The Morgan fingerprint density at radius 2 is 1.79 bits per heavy atom. The summed E-state index contributed by atoms with van der Waals surface area (Å²) in [5.74, 6) is -0.826. The predicted octanol–water partition coefficient (Wildman–Crippen LogP) is 4.42. The third kappa shape index (κ3) is 4.15. The molecule has 2 heterocycles.